The summed E-state index contributed by atoms with van der Waals surface area (Å²) in [5.74, 6) is -0.396. The number of thiocarbonyl (C=S) groups is 1. The number of hydrogen-bond donors (Lipinski definition) is 0. The Morgan fingerprint density at radius 1 is 1.38 bits per heavy atom. The standard InChI is InChI=1S/C11H11FN2OS/c1-2-13-7-10(15)14(11(13)16)9-5-3-8(12)4-6-9/h3-6H,2,7H2,1H3. The third-order valence-corrected chi connectivity index (χ3v) is 2.94. The number of halogens is 1. The second-order valence-corrected chi connectivity index (χ2v) is 3.87. The van der Waals surface area contributed by atoms with E-state index in [-0.39, 0.29) is 11.7 Å². The van der Waals surface area contributed by atoms with Crippen LogP contribution in [-0.2, 0) is 4.79 Å². The zero-order valence-corrected chi connectivity index (χ0v) is 9.63. The number of rotatable bonds is 2. The van der Waals surface area contributed by atoms with Gasteiger partial charge in [0.15, 0.2) is 5.11 Å². The van der Waals surface area contributed by atoms with Crippen LogP contribution in [0.25, 0.3) is 0 Å². The van der Waals surface area contributed by atoms with Crippen molar-refractivity contribution in [2.24, 2.45) is 0 Å². The number of likely N-dealkylation sites (N-methyl/N-ethyl adjacent to an activating group) is 1. The highest BCUT2D eigenvalue weighted by Gasteiger charge is 2.32. The van der Waals surface area contributed by atoms with Crippen molar-refractivity contribution < 1.29 is 9.18 Å². The molecule has 0 atom stereocenters. The highest BCUT2D eigenvalue weighted by molar-refractivity contribution is 7.80. The van der Waals surface area contributed by atoms with Crippen LogP contribution in [0.15, 0.2) is 24.3 Å². The number of benzene rings is 1. The molecule has 1 aromatic carbocycles. The molecule has 1 aliphatic heterocycles. The molecule has 0 saturated carbocycles. The molecule has 0 N–H and O–H groups in total. The molecule has 0 unspecified atom stereocenters. The lowest BCUT2D eigenvalue weighted by molar-refractivity contribution is -0.116. The van der Waals surface area contributed by atoms with E-state index < -0.39 is 0 Å². The fraction of sp³-hybridized carbons (Fsp3) is 0.273. The smallest absolute Gasteiger partial charge is 0.252 e. The largest absolute Gasteiger partial charge is 0.339 e. The van der Waals surface area contributed by atoms with E-state index in [2.05, 4.69) is 0 Å². The molecule has 0 aromatic heterocycles. The van der Waals surface area contributed by atoms with Gasteiger partial charge in [0.2, 0.25) is 0 Å². The summed E-state index contributed by atoms with van der Waals surface area (Å²) in [5.41, 5.74) is 0.618. The van der Waals surface area contributed by atoms with E-state index in [4.69, 9.17) is 12.2 Å². The predicted octanol–water partition coefficient (Wildman–Crippen LogP) is 1.78. The Hall–Kier alpha value is -1.49. The number of anilines is 1. The zero-order chi connectivity index (χ0) is 11.7. The van der Waals surface area contributed by atoms with Gasteiger partial charge in [0.05, 0.1) is 12.2 Å². The Kier molecular flexibility index (Phi) is 2.87. The highest BCUT2D eigenvalue weighted by Crippen LogP contribution is 2.21. The molecule has 1 aliphatic rings. The Morgan fingerprint density at radius 2 is 2.00 bits per heavy atom. The second kappa shape index (κ2) is 4.17. The second-order valence-electron chi connectivity index (χ2n) is 3.50. The Labute approximate surface area is 98.5 Å². The van der Waals surface area contributed by atoms with Gasteiger partial charge in [-0.15, -0.1) is 0 Å². The molecule has 1 fully saturated rings. The first-order valence-corrected chi connectivity index (χ1v) is 5.41. The van der Waals surface area contributed by atoms with Crippen molar-refractivity contribution >= 4 is 28.9 Å². The molecule has 1 amide bonds. The van der Waals surface area contributed by atoms with Crippen molar-refractivity contribution in [3.05, 3.63) is 30.1 Å². The minimum Gasteiger partial charge on any atom is -0.339 e. The zero-order valence-electron chi connectivity index (χ0n) is 8.81. The summed E-state index contributed by atoms with van der Waals surface area (Å²) in [4.78, 5) is 15.0. The van der Waals surface area contributed by atoms with E-state index in [0.717, 1.165) is 0 Å². The molecule has 5 heteroatoms. The topological polar surface area (TPSA) is 23.6 Å². The lowest BCUT2D eigenvalue weighted by Gasteiger charge is -2.18. The number of carbonyl (C=O) groups excluding carboxylic acids is 1. The van der Waals surface area contributed by atoms with Crippen molar-refractivity contribution in [2.75, 3.05) is 18.0 Å². The maximum Gasteiger partial charge on any atom is 0.252 e. The number of carbonyl (C=O) groups is 1. The van der Waals surface area contributed by atoms with Gasteiger partial charge in [-0.05, 0) is 43.4 Å². The first-order valence-electron chi connectivity index (χ1n) is 5.01. The van der Waals surface area contributed by atoms with Crippen LogP contribution < -0.4 is 4.90 Å². The fourth-order valence-corrected chi connectivity index (χ4v) is 2.04. The molecular formula is C11H11FN2OS. The monoisotopic (exact) mass is 238 g/mol. The Bertz CT molecular complexity index is 432. The molecule has 0 spiro atoms. The third kappa shape index (κ3) is 1.78. The van der Waals surface area contributed by atoms with Gasteiger partial charge >= 0.3 is 0 Å². The van der Waals surface area contributed by atoms with Crippen LogP contribution in [0, 0.1) is 5.82 Å². The normalized spacial score (nSPS) is 16.1. The van der Waals surface area contributed by atoms with E-state index in [1.54, 1.807) is 17.0 Å². The minimum absolute atomic E-state index is 0.0709. The summed E-state index contributed by atoms with van der Waals surface area (Å²) in [6.45, 7) is 2.93. The quantitative estimate of drug-likeness (QED) is 0.734. The van der Waals surface area contributed by atoms with Gasteiger partial charge in [-0.2, -0.15) is 0 Å². The van der Waals surface area contributed by atoms with Gasteiger partial charge in [0.25, 0.3) is 5.91 Å². The van der Waals surface area contributed by atoms with Crippen molar-refractivity contribution in [1.29, 1.82) is 0 Å². The van der Waals surface area contributed by atoms with Gasteiger partial charge in [-0.25, -0.2) is 4.39 Å². The van der Waals surface area contributed by atoms with Crippen LogP contribution >= 0.6 is 12.2 Å². The van der Waals surface area contributed by atoms with Crippen LogP contribution in [0.5, 0.6) is 0 Å². The third-order valence-electron chi connectivity index (χ3n) is 2.50. The molecule has 2 rings (SSSR count). The van der Waals surface area contributed by atoms with E-state index in [9.17, 15) is 9.18 Å². The van der Waals surface area contributed by atoms with Crippen molar-refractivity contribution in [3.8, 4) is 0 Å². The van der Waals surface area contributed by atoms with E-state index in [1.165, 1.54) is 17.0 Å². The summed E-state index contributed by atoms with van der Waals surface area (Å²) in [6.07, 6.45) is 0. The molecule has 0 radical (unpaired) electrons. The van der Waals surface area contributed by atoms with Crippen LogP contribution in [0.3, 0.4) is 0 Å². The van der Waals surface area contributed by atoms with Crippen LogP contribution in [-0.4, -0.2) is 29.0 Å². The summed E-state index contributed by atoms with van der Waals surface area (Å²) >= 11 is 5.19. The number of nitrogens with zero attached hydrogens (tertiary/aromatic N) is 2. The highest BCUT2D eigenvalue weighted by atomic mass is 32.1. The van der Waals surface area contributed by atoms with E-state index >= 15 is 0 Å². The average Bonchev–Trinajstić information content (AvgIpc) is 2.56. The van der Waals surface area contributed by atoms with Gasteiger partial charge in [-0.3, -0.25) is 9.69 Å². The first kappa shape index (κ1) is 11.0. The molecule has 0 bridgehead atoms. The Balaban J connectivity index is 2.31. The summed E-state index contributed by atoms with van der Waals surface area (Å²) < 4.78 is 12.8. The van der Waals surface area contributed by atoms with E-state index in [0.29, 0.717) is 23.9 Å². The van der Waals surface area contributed by atoms with Crippen LogP contribution in [0.1, 0.15) is 6.92 Å². The first-order chi connectivity index (χ1) is 7.63. The molecule has 84 valence electrons. The predicted molar refractivity (Wildman–Crippen MR) is 63.7 cm³/mol. The molecule has 1 heterocycles. The lowest BCUT2D eigenvalue weighted by Crippen LogP contribution is -2.32. The van der Waals surface area contributed by atoms with Crippen molar-refractivity contribution in [2.45, 2.75) is 6.92 Å². The average molecular weight is 238 g/mol. The maximum absolute atomic E-state index is 12.8. The van der Waals surface area contributed by atoms with Gasteiger partial charge in [0.1, 0.15) is 5.82 Å². The maximum atomic E-state index is 12.8. The van der Waals surface area contributed by atoms with Crippen LogP contribution in [0.2, 0.25) is 0 Å². The number of amides is 1. The molecule has 0 aliphatic carbocycles. The SMILES string of the molecule is CCN1CC(=O)N(c2ccc(F)cc2)C1=S. The van der Waals surface area contributed by atoms with Gasteiger partial charge < -0.3 is 4.90 Å². The van der Waals surface area contributed by atoms with Crippen molar-refractivity contribution in [1.82, 2.24) is 4.90 Å². The number of hydrogen-bond acceptors (Lipinski definition) is 2. The lowest BCUT2D eigenvalue weighted by atomic mass is 10.3. The van der Waals surface area contributed by atoms with Gasteiger partial charge in [0, 0.05) is 6.54 Å². The van der Waals surface area contributed by atoms with Crippen molar-refractivity contribution in [3.63, 3.8) is 0 Å². The summed E-state index contributed by atoms with van der Waals surface area (Å²) in [5, 5.41) is 0.485. The summed E-state index contributed by atoms with van der Waals surface area (Å²) in [6, 6.07) is 5.75. The van der Waals surface area contributed by atoms with Gasteiger partial charge in [-0.1, -0.05) is 0 Å². The van der Waals surface area contributed by atoms with Crippen LogP contribution in [0.4, 0.5) is 10.1 Å². The molecular weight excluding hydrogens is 227 g/mol. The molecule has 3 nitrogen and oxygen atoms in total. The molecule has 16 heavy (non-hydrogen) atoms. The molecule has 1 aromatic rings. The minimum atomic E-state index is -0.325. The fourth-order valence-electron chi connectivity index (χ4n) is 1.64. The summed E-state index contributed by atoms with van der Waals surface area (Å²) in [7, 11) is 0. The molecule has 1 saturated heterocycles. The Morgan fingerprint density at radius 3 is 2.50 bits per heavy atom. The van der Waals surface area contributed by atoms with E-state index in [1.807, 2.05) is 6.92 Å².